The third kappa shape index (κ3) is 4.95. The lowest BCUT2D eigenvalue weighted by Crippen LogP contribution is -2.18. The van der Waals surface area contributed by atoms with Crippen molar-refractivity contribution in [1.29, 1.82) is 0 Å². The van der Waals surface area contributed by atoms with E-state index in [-0.39, 0.29) is 5.75 Å². The summed E-state index contributed by atoms with van der Waals surface area (Å²) in [6.07, 6.45) is -4.24. The van der Waals surface area contributed by atoms with E-state index < -0.39 is 12.4 Å². The summed E-state index contributed by atoms with van der Waals surface area (Å²) in [4.78, 5) is 0. The number of nitrogens with two attached hydrogens (primary N) is 1. The molecular weight excluding hydrogens is 303 g/mol. The van der Waals surface area contributed by atoms with E-state index in [0.717, 1.165) is 5.56 Å². The van der Waals surface area contributed by atoms with Crippen LogP contribution in [-0.2, 0) is 6.42 Å². The van der Waals surface area contributed by atoms with Crippen molar-refractivity contribution in [1.82, 2.24) is 0 Å². The first kappa shape index (κ1) is 15.7. The minimum Gasteiger partial charge on any atom is -0.406 e. The molecule has 2 aromatic rings. The van der Waals surface area contributed by atoms with Gasteiger partial charge < -0.3 is 10.5 Å². The van der Waals surface area contributed by atoms with Crippen LogP contribution in [0.25, 0.3) is 0 Å². The van der Waals surface area contributed by atoms with Crippen molar-refractivity contribution in [3.8, 4) is 5.75 Å². The van der Waals surface area contributed by atoms with Gasteiger partial charge >= 0.3 is 6.36 Å². The summed E-state index contributed by atoms with van der Waals surface area (Å²) in [5.41, 5.74) is 7.51. The van der Waals surface area contributed by atoms with Gasteiger partial charge in [-0.3, -0.25) is 0 Å². The molecule has 6 heteroatoms. The van der Waals surface area contributed by atoms with E-state index in [0.29, 0.717) is 17.0 Å². The van der Waals surface area contributed by atoms with Crippen molar-refractivity contribution >= 4 is 11.6 Å². The molecule has 0 aliphatic heterocycles. The zero-order valence-corrected chi connectivity index (χ0v) is 11.7. The Morgan fingerprint density at radius 2 is 1.81 bits per heavy atom. The number of rotatable bonds is 4. The molecule has 112 valence electrons. The molecule has 0 spiro atoms. The van der Waals surface area contributed by atoms with Gasteiger partial charge in [0.05, 0.1) is 0 Å². The number of benzene rings is 2. The molecule has 0 aliphatic rings. The Hall–Kier alpha value is -1.72. The molecule has 0 heterocycles. The molecule has 2 N–H and O–H groups in total. The van der Waals surface area contributed by atoms with E-state index in [9.17, 15) is 13.2 Å². The van der Waals surface area contributed by atoms with Gasteiger partial charge in [0, 0.05) is 11.1 Å². The minimum atomic E-state index is -4.71. The molecule has 0 bridgehead atoms. The number of ether oxygens (including phenoxy) is 1. The average molecular weight is 316 g/mol. The van der Waals surface area contributed by atoms with Gasteiger partial charge in [0.1, 0.15) is 5.75 Å². The fraction of sp³-hybridized carbons (Fsp3) is 0.200. The summed E-state index contributed by atoms with van der Waals surface area (Å²) in [6.45, 7) is 0. The molecule has 2 aromatic carbocycles. The Bertz CT molecular complexity index is 616. The van der Waals surface area contributed by atoms with Gasteiger partial charge in [0.15, 0.2) is 0 Å². The van der Waals surface area contributed by atoms with Crippen LogP contribution >= 0.6 is 11.6 Å². The lowest BCUT2D eigenvalue weighted by atomic mass is 9.99. The van der Waals surface area contributed by atoms with Crippen molar-refractivity contribution < 1.29 is 17.9 Å². The summed E-state index contributed by atoms with van der Waals surface area (Å²) in [6, 6.07) is 12.4. The molecule has 21 heavy (non-hydrogen) atoms. The molecule has 0 fully saturated rings. The quantitative estimate of drug-likeness (QED) is 0.902. The van der Waals surface area contributed by atoms with Crippen molar-refractivity contribution in [3.63, 3.8) is 0 Å². The predicted molar refractivity (Wildman–Crippen MR) is 75.2 cm³/mol. The summed E-state index contributed by atoms with van der Waals surface area (Å²) in [5, 5.41) is 0.592. The molecule has 2 nitrogen and oxygen atoms in total. The van der Waals surface area contributed by atoms with Gasteiger partial charge in [-0.2, -0.15) is 0 Å². The Labute approximate surface area is 125 Å². The summed E-state index contributed by atoms with van der Waals surface area (Å²) < 4.78 is 40.5. The number of hydrogen-bond donors (Lipinski definition) is 1. The van der Waals surface area contributed by atoms with Gasteiger partial charge in [-0.05, 0) is 41.8 Å². The lowest BCUT2D eigenvalue weighted by Gasteiger charge is -2.15. The normalized spacial score (nSPS) is 13.0. The highest BCUT2D eigenvalue weighted by atomic mass is 35.5. The molecular formula is C15H13ClF3NO. The van der Waals surface area contributed by atoms with Gasteiger partial charge in [-0.25, -0.2) is 0 Å². The maximum absolute atomic E-state index is 12.2. The van der Waals surface area contributed by atoms with Crippen LogP contribution in [0.4, 0.5) is 13.2 Å². The zero-order valence-electron chi connectivity index (χ0n) is 10.9. The lowest BCUT2D eigenvalue weighted by molar-refractivity contribution is -0.274. The largest absolute Gasteiger partial charge is 0.573 e. The van der Waals surface area contributed by atoms with E-state index >= 15 is 0 Å². The first-order valence-corrected chi connectivity index (χ1v) is 6.57. The van der Waals surface area contributed by atoms with E-state index in [1.165, 1.54) is 18.2 Å². The molecule has 1 atom stereocenters. The second kappa shape index (κ2) is 6.37. The molecule has 2 rings (SSSR count). The van der Waals surface area contributed by atoms with Crippen LogP contribution < -0.4 is 10.5 Å². The average Bonchev–Trinajstić information content (AvgIpc) is 2.37. The maximum atomic E-state index is 12.2. The molecule has 0 aliphatic carbocycles. The highest BCUT2D eigenvalue weighted by Gasteiger charge is 2.31. The maximum Gasteiger partial charge on any atom is 0.573 e. The van der Waals surface area contributed by atoms with Crippen LogP contribution in [-0.4, -0.2) is 6.36 Å². The van der Waals surface area contributed by atoms with Crippen LogP contribution in [0.2, 0.25) is 5.02 Å². The first-order valence-electron chi connectivity index (χ1n) is 6.19. The first-order chi connectivity index (χ1) is 9.83. The number of alkyl halides is 3. The van der Waals surface area contributed by atoms with Crippen molar-refractivity contribution in [2.24, 2.45) is 5.73 Å². The Morgan fingerprint density at radius 3 is 2.48 bits per heavy atom. The highest BCUT2D eigenvalue weighted by Crippen LogP contribution is 2.26. The van der Waals surface area contributed by atoms with Crippen LogP contribution in [0.5, 0.6) is 5.75 Å². The Kier molecular flexibility index (Phi) is 4.75. The molecule has 0 amide bonds. The molecule has 0 saturated carbocycles. The molecule has 0 aromatic heterocycles. The summed E-state index contributed by atoms with van der Waals surface area (Å²) >= 11 is 5.89. The summed E-state index contributed by atoms with van der Waals surface area (Å²) in [5.74, 6) is -0.276. The van der Waals surface area contributed by atoms with Crippen molar-refractivity contribution in [2.75, 3.05) is 0 Å². The van der Waals surface area contributed by atoms with Crippen molar-refractivity contribution in [2.45, 2.75) is 18.8 Å². The number of halogens is 4. The Morgan fingerprint density at radius 1 is 1.10 bits per heavy atom. The fourth-order valence-electron chi connectivity index (χ4n) is 1.98. The third-order valence-corrected chi connectivity index (χ3v) is 3.10. The van der Waals surface area contributed by atoms with Gasteiger partial charge in [0.2, 0.25) is 0 Å². The van der Waals surface area contributed by atoms with E-state index in [1.807, 2.05) is 6.07 Å². The second-order valence-corrected chi connectivity index (χ2v) is 5.00. The van der Waals surface area contributed by atoms with Crippen LogP contribution in [0, 0.1) is 0 Å². The van der Waals surface area contributed by atoms with Gasteiger partial charge in [-0.15, -0.1) is 13.2 Å². The van der Waals surface area contributed by atoms with Crippen LogP contribution in [0.1, 0.15) is 17.2 Å². The predicted octanol–water partition coefficient (Wildman–Crippen LogP) is 4.48. The minimum absolute atomic E-state index is 0.276. The molecule has 1 unspecified atom stereocenters. The summed E-state index contributed by atoms with van der Waals surface area (Å²) in [7, 11) is 0. The third-order valence-electron chi connectivity index (χ3n) is 2.86. The standard InChI is InChI=1S/C15H13ClF3NO/c16-12-5-1-3-10(7-12)8-14(20)11-4-2-6-13(9-11)21-15(17,18)19/h1-7,9,14H,8,20H2. The van der Waals surface area contributed by atoms with E-state index in [1.54, 1.807) is 24.3 Å². The highest BCUT2D eigenvalue weighted by molar-refractivity contribution is 6.30. The smallest absolute Gasteiger partial charge is 0.406 e. The SMILES string of the molecule is NC(Cc1cccc(Cl)c1)c1cccc(OC(F)(F)F)c1. The van der Waals surface area contributed by atoms with E-state index in [4.69, 9.17) is 17.3 Å². The van der Waals surface area contributed by atoms with Crippen LogP contribution in [0.3, 0.4) is 0 Å². The molecule has 0 saturated heterocycles. The van der Waals surface area contributed by atoms with Crippen LogP contribution in [0.15, 0.2) is 48.5 Å². The topological polar surface area (TPSA) is 35.2 Å². The van der Waals surface area contributed by atoms with Crippen molar-refractivity contribution in [3.05, 3.63) is 64.7 Å². The van der Waals surface area contributed by atoms with Gasteiger partial charge in [-0.1, -0.05) is 35.9 Å². The second-order valence-electron chi connectivity index (χ2n) is 4.56. The Balaban J connectivity index is 2.12. The van der Waals surface area contributed by atoms with E-state index in [2.05, 4.69) is 4.74 Å². The fourth-order valence-corrected chi connectivity index (χ4v) is 2.19. The number of hydrogen-bond acceptors (Lipinski definition) is 2. The molecule has 0 radical (unpaired) electrons. The monoisotopic (exact) mass is 315 g/mol. The zero-order chi connectivity index (χ0) is 15.5. The van der Waals surface area contributed by atoms with Gasteiger partial charge in [0.25, 0.3) is 0 Å².